The topological polar surface area (TPSA) is 45.2 Å². The van der Waals surface area contributed by atoms with Gasteiger partial charge in [-0.15, -0.1) is 0 Å². The van der Waals surface area contributed by atoms with Crippen molar-refractivity contribution in [2.24, 2.45) is 0 Å². The van der Waals surface area contributed by atoms with E-state index in [0.29, 0.717) is 16.3 Å². The van der Waals surface area contributed by atoms with Crippen LogP contribution >= 0.6 is 11.6 Å². The molecule has 0 unspecified atom stereocenters. The third-order valence-electron chi connectivity index (χ3n) is 4.19. The molecule has 132 valence electrons. The standard InChI is InChI=1S/C21H20ClN3O/c1-14-9-15(2)20(19(22)10-14)24-21(26)16-11-18(13-23-12-16)25(3)17-7-5-4-6-8-17/h4-13H,1-3H3,(H,24,26). The summed E-state index contributed by atoms with van der Waals surface area (Å²) in [6, 6.07) is 15.5. The van der Waals surface area contributed by atoms with E-state index in [4.69, 9.17) is 11.6 Å². The quantitative estimate of drug-likeness (QED) is 0.675. The summed E-state index contributed by atoms with van der Waals surface area (Å²) < 4.78 is 0. The Morgan fingerprint density at radius 2 is 1.77 bits per heavy atom. The number of rotatable bonds is 4. The number of aryl methyl sites for hydroxylation is 2. The lowest BCUT2D eigenvalue weighted by atomic mass is 10.1. The number of para-hydroxylation sites is 1. The van der Waals surface area contributed by atoms with Crippen LogP contribution in [0.5, 0.6) is 0 Å². The van der Waals surface area contributed by atoms with Crippen LogP contribution in [0.3, 0.4) is 0 Å². The van der Waals surface area contributed by atoms with E-state index in [-0.39, 0.29) is 5.91 Å². The molecule has 0 atom stereocenters. The third kappa shape index (κ3) is 3.86. The molecule has 4 nitrogen and oxygen atoms in total. The number of nitrogens with one attached hydrogen (secondary N) is 1. The Morgan fingerprint density at radius 3 is 2.46 bits per heavy atom. The van der Waals surface area contributed by atoms with Crippen molar-refractivity contribution in [1.29, 1.82) is 0 Å². The molecule has 1 aromatic heterocycles. The van der Waals surface area contributed by atoms with Crippen LogP contribution in [0.4, 0.5) is 17.1 Å². The second-order valence-electron chi connectivity index (χ2n) is 6.22. The molecule has 2 aromatic carbocycles. The first-order chi connectivity index (χ1) is 12.5. The molecular weight excluding hydrogens is 346 g/mol. The van der Waals surface area contributed by atoms with Gasteiger partial charge in [0.25, 0.3) is 5.91 Å². The minimum atomic E-state index is -0.241. The Hall–Kier alpha value is -2.85. The Labute approximate surface area is 158 Å². The van der Waals surface area contributed by atoms with E-state index in [2.05, 4.69) is 10.3 Å². The number of carbonyl (C=O) groups is 1. The van der Waals surface area contributed by atoms with E-state index in [1.165, 1.54) is 0 Å². The second kappa shape index (κ2) is 7.58. The smallest absolute Gasteiger partial charge is 0.257 e. The normalized spacial score (nSPS) is 10.5. The maximum Gasteiger partial charge on any atom is 0.257 e. The molecule has 26 heavy (non-hydrogen) atoms. The van der Waals surface area contributed by atoms with Crippen LogP contribution in [0.25, 0.3) is 0 Å². The van der Waals surface area contributed by atoms with Gasteiger partial charge in [-0.05, 0) is 49.2 Å². The van der Waals surface area contributed by atoms with Crippen molar-refractivity contribution in [2.75, 3.05) is 17.3 Å². The van der Waals surface area contributed by atoms with Crippen molar-refractivity contribution in [3.8, 4) is 0 Å². The molecule has 3 aromatic rings. The molecule has 0 bridgehead atoms. The van der Waals surface area contributed by atoms with Crippen molar-refractivity contribution in [1.82, 2.24) is 4.98 Å². The Balaban J connectivity index is 1.85. The summed E-state index contributed by atoms with van der Waals surface area (Å²) in [5.41, 5.74) is 4.93. The molecule has 0 aliphatic rings. The van der Waals surface area contributed by atoms with Crippen molar-refractivity contribution in [3.05, 3.63) is 82.6 Å². The molecule has 1 amide bonds. The van der Waals surface area contributed by atoms with Gasteiger partial charge in [0.1, 0.15) is 0 Å². The maximum absolute atomic E-state index is 12.7. The molecule has 1 N–H and O–H groups in total. The Morgan fingerprint density at radius 1 is 1.04 bits per heavy atom. The van der Waals surface area contributed by atoms with Crippen molar-refractivity contribution < 1.29 is 4.79 Å². The fourth-order valence-corrected chi connectivity index (χ4v) is 3.16. The number of hydrogen-bond donors (Lipinski definition) is 1. The highest BCUT2D eigenvalue weighted by molar-refractivity contribution is 6.34. The number of nitrogens with zero attached hydrogens (tertiary/aromatic N) is 2. The summed E-state index contributed by atoms with van der Waals surface area (Å²) in [7, 11) is 1.94. The zero-order chi connectivity index (χ0) is 18.7. The van der Waals surface area contributed by atoms with Crippen molar-refractivity contribution in [2.45, 2.75) is 13.8 Å². The maximum atomic E-state index is 12.7. The van der Waals surface area contributed by atoms with E-state index >= 15 is 0 Å². The summed E-state index contributed by atoms with van der Waals surface area (Å²) in [5, 5.41) is 3.43. The van der Waals surface area contributed by atoms with E-state index in [1.807, 2.05) is 74.3 Å². The lowest BCUT2D eigenvalue weighted by Crippen LogP contribution is -2.15. The lowest BCUT2D eigenvalue weighted by Gasteiger charge is -2.19. The summed E-state index contributed by atoms with van der Waals surface area (Å²) in [6.07, 6.45) is 3.28. The van der Waals surface area contributed by atoms with Crippen LogP contribution in [0.1, 0.15) is 21.5 Å². The van der Waals surface area contributed by atoms with E-state index < -0.39 is 0 Å². The van der Waals surface area contributed by atoms with Crippen LogP contribution in [-0.4, -0.2) is 17.9 Å². The number of benzene rings is 2. The Bertz CT molecular complexity index is 918. The van der Waals surface area contributed by atoms with Gasteiger partial charge in [-0.1, -0.05) is 35.9 Å². The molecule has 5 heteroatoms. The first kappa shape index (κ1) is 18.0. The molecule has 0 radical (unpaired) electrons. The highest BCUT2D eigenvalue weighted by atomic mass is 35.5. The van der Waals surface area contributed by atoms with Crippen LogP contribution in [0, 0.1) is 13.8 Å². The summed E-state index contributed by atoms with van der Waals surface area (Å²) in [4.78, 5) is 18.9. The third-order valence-corrected chi connectivity index (χ3v) is 4.49. The summed E-state index contributed by atoms with van der Waals surface area (Å²) >= 11 is 6.29. The number of pyridine rings is 1. The molecule has 3 rings (SSSR count). The molecule has 0 saturated heterocycles. The largest absolute Gasteiger partial charge is 0.343 e. The van der Waals surface area contributed by atoms with Gasteiger partial charge in [0, 0.05) is 18.9 Å². The zero-order valence-electron chi connectivity index (χ0n) is 15.0. The predicted molar refractivity (Wildman–Crippen MR) is 108 cm³/mol. The summed E-state index contributed by atoms with van der Waals surface area (Å²) in [6.45, 7) is 3.89. The van der Waals surface area contributed by atoms with Gasteiger partial charge in [0.05, 0.1) is 28.2 Å². The van der Waals surface area contributed by atoms with Crippen LogP contribution < -0.4 is 10.2 Å². The predicted octanol–water partition coefficient (Wildman–Crippen LogP) is 5.37. The van der Waals surface area contributed by atoms with Crippen LogP contribution in [0.2, 0.25) is 5.02 Å². The number of amides is 1. The lowest BCUT2D eigenvalue weighted by molar-refractivity contribution is 0.102. The van der Waals surface area contributed by atoms with Crippen molar-refractivity contribution in [3.63, 3.8) is 0 Å². The first-order valence-electron chi connectivity index (χ1n) is 8.27. The van der Waals surface area contributed by atoms with Gasteiger partial charge in [-0.2, -0.15) is 0 Å². The van der Waals surface area contributed by atoms with Gasteiger partial charge < -0.3 is 10.2 Å². The Kier molecular flexibility index (Phi) is 5.24. The minimum Gasteiger partial charge on any atom is -0.343 e. The van der Waals surface area contributed by atoms with Gasteiger partial charge in [-0.25, -0.2) is 0 Å². The van der Waals surface area contributed by atoms with Gasteiger partial charge in [0.2, 0.25) is 0 Å². The molecule has 1 heterocycles. The first-order valence-corrected chi connectivity index (χ1v) is 8.65. The minimum absolute atomic E-state index is 0.241. The average Bonchev–Trinajstić information content (AvgIpc) is 2.64. The zero-order valence-corrected chi connectivity index (χ0v) is 15.7. The molecule has 0 aliphatic heterocycles. The number of anilines is 3. The van der Waals surface area contributed by atoms with Gasteiger partial charge in [0.15, 0.2) is 0 Å². The number of hydrogen-bond acceptors (Lipinski definition) is 3. The molecule has 0 spiro atoms. The van der Waals surface area contributed by atoms with Crippen molar-refractivity contribution >= 4 is 34.6 Å². The number of carbonyl (C=O) groups excluding carboxylic acids is 1. The fourth-order valence-electron chi connectivity index (χ4n) is 2.80. The van der Waals surface area contributed by atoms with E-state index in [1.54, 1.807) is 12.4 Å². The second-order valence-corrected chi connectivity index (χ2v) is 6.63. The summed E-state index contributed by atoms with van der Waals surface area (Å²) in [5.74, 6) is -0.241. The highest BCUT2D eigenvalue weighted by Gasteiger charge is 2.13. The molecule has 0 saturated carbocycles. The van der Waals surface area contributed by atoms with Crippen LogP contribution in [-0.2, 0) is 0 Å². The molecule has 0 aliphatic carbocycles. The molecular formula is C21H20ClN3O. The van der Waals surface area contributed by atoms with E-state index in [9.17, 15) is 4.79 Å². The average molecular weight is 366 g/mol. The molecule has 0 fully saturated rings. The van der Waals surface area contributed by atoms with Crippen LogP contribution in [0.15, 0.2) is 60.9 Å². The highest BCUT2D eigenvalue weighted by Crippen LogP contribution is 2.28. The van der Waals surface area contributed by atoms with Gasteiger partial charge in [-0.3, -0.25) is 9.78 Å². The monoisotopic (exact) mass is 365 g/mol. The van der Waals surface area contributed by atoms with Gasteiger partial charge >= 0.3 is 0 Å². The SMILES string of the molecule is Cc1cc(C)c(NC(=O)c2cncc(N(C)c3ccccc3)c2)c(Cl)c1. The number of halogens is 1. The van der Waals surface area contributed by atoms with E-state index in [0.717, 1.165) is 22.5 Å². The number of aromatic nitrogens is 1. The fraction of sp³-hybridized carbons (Fsp3) is 0.143.